The van der Waals surface area contributed by atoms with Crippen molar-refractivity contribution in [2.75, 3.05) is 7.11 Å². The van der Waals surface area contributed by atoms with E-state index in [2.05, 4.69) is 39.5 Å². The number of aryl methyl sites for hydroxylation is 1. The molecule has 0 saturated carbocycles. The molecule has 0 spiro atoms. The van der Waals surface area contributed by atoms with E-state index in [1.807, 2.05) is 60.7 Å². The molecular formula is C23H24N4O. The van der Waals surface area contributed by atoms with Crippen LogP contribution in [0.3, 0.4) is 0 Å². The minimum Gasteiger partial charge on any atom is -0.497 e. The summed E-state index contributed by atoms with van der Waals surface area (Å²) in [5, 5.41) is 17.0. The molecule has 3 rings (SSSR count). The van der Waals surface area contributed by atoms with Crippen molar-refractivity contribution in [2.24, 2.45) is 20.5 Å². The number of hydrogen-bond donors (Lipinski definition) is 0. The summed E-state index contributed by atoms with van der Waals surface area (Å²) >= 11 is 0. The number of azo groups is 2. The molecule has 0 fully saturated rings. The molecule has 28 heavy (non-hydrogen) atoms. The first-order chi connectivity index (χ1) is 13.8. The fourth-order valence-corrected chi connectivity index (χ4v) is 2.58. The Morgan fingerprint density at radius 1 is 0.607 bits per heavy atom. The van der Waals surface area contributed by atoms with Crippen LogP contribution in [0.5, 0.6) is 5.75 Å². The van der Waals surface area contributed by atoms with Gasteiger partial charge in [0.15, 0.2) is 0 Å². The Bertz CT molecular complexity index is 914. The molecule has 0 aliphatic heterocycles. The number of hydrogen-bond acceptors (Lipinski definition) is 5. The molecule has 5 nitrogen and oxygen atoms in total. The topological polar surface area (TPSA) is 58.7 Å². The lowest BCUT2D eigenvalue weighted by Crippen LogP contribution is -1.82. The van der Waals surface area contributed by atoms with E-state index in [4.69, 9.17) is 4.74 Å². The van der Waals surface area contributed by atoms with E-state index in [1.165, 1.54) is 18.4 Å². The molecule has 0 aromatic heterocycles. The van der Waals surface area contributed by atoms with Crippen LogP contribution in [-0.4, -0.2) is 7.11 Å². The molecule has 0 N–H and O–H groups in total. The van der Waals surface area contributed by atoms with Gasteiger partial charge < -0.3 is 4.74 Å². The molecule has 142 valence electrons. The van der Waals surface area contributed by atoms with E-state index in [-0.39, 0.29) is 0 Å². The lowest BCUT2D eigenvalue weighted by molar-refractivity contribution is 0.415. The fraction of sp³-hybridized carbons (Fsp3) is 0.217. The van der Waals surface area contributed by atoms with E-state index in [9.17, 15) is 0 Å². The number of benzene rings is 3. The number of nitrogens with zero attached hydrogens (tertiary/aromatic N) is 4. The van der Waals surface area contributed by atoms with Crippen LogP contribution in [0.25, 0.3) is 0 Å². The number of methoxy groups -OCH3 is 1. The zero-order valence-corrected chi connectivity index (χ0v) is 16.2. The highest BCUT2D eigenvalue weighted by Crippen LogP contribution is 2.24. The number of rotatable bonds is 8. The summed E-state index contributed by atoms with van der Waals surface area (Å²) in [6, 6.07) is 23.2. The fourth-order valence-electron chi connectivity index (χ4n) is 2.58. The third kappa shape index (κ3) is 5.84. The quantitative estimate of drug-likeness (QED) is 0.371. The normalized spacial score (nSPS) is 11.4. The smallest absolute Gasteiger partial charge is 0.119 e. The summed E-state index contributed by atoms with van der Waals surface area (Å²) < 4.78 is 5.13. The molecule has 3 aromatic rings. The first kappa shape index (κ1) is 19.4. The van der Waals surface area contributed by atoms with Gasteiger partial charge >= 0.3 is 0 Å². The first-order valence-electron chi connectivity index (χ1n) is 9.43. The maximum absolute atomic E-state index is 5.13. The molecule has 0 saturated heterocycles. The molecule has 5 heteroatoms. The van der Waals surface area contributed by atoms with E-state index >= 15 is 0 Å². The van der Waals surface area contributed by atoms with Crippen LogP contribution >= 0.6 is 0 Å². The summed E-state index contributed by atoms with van der Waals surface area (Å²) in [6.45, 7) is 2.20. The SMILES string of the molecule is CCCCc1ccc(N=Nc2ccc(N=Nc3ccc(OC)cc3)cc2)cc1. The average Bonchev–Trinajstić information content (AvgIpc) is 2.76. The lowest BCUT2D eigenvalue weighted by atomic mass is 10.1. The second-order valence-electron chi connectivity index (χ2n) is 6.38. The van der Waals surface area contributed by atoms with Crippen LogP contribution in [0.15, 0.2) is 93.3 Å². The van der Waals surface area contributed by atoms with E-state index in [0.29, 0.717) is 0 Å². The van der Waals surface area contributed by atoms with Gasteiger partial charge in [-0.1, -0.05) is 25.5 Å². The highest BCUT2D eigenvalue weighted by atomic mass is 16.5. The molecular weight excluding hydrogens is 348 g/mol. The predicted octanol–water partition coefficient (Wildman–Crippen LogP) is 7.87. The number of ether oxygens (including phenoxy) is 1. The Morgan fingerprint density at radius 2 is 1.00 bits per heavy atom. The van der Waals surface area contributed by atoms with Gasteiger partial charge in [-0.15, -0.1) is 0 Å². The van der Waals surface area contributed by atoms with E-state index < -0.39 is 0 Å². The van der Waals surface area contributed by atoms with Crippen molar-refractivity contribution in [1.82, 2.24) is 0 Å². The maximum atomic E-state index is 5.13. The maximum Gasteiger partial charge on any atom is 0.119 e. The Labute approximate surface area is 165 Å². The van der Waals surface area contributed by atoms with Crippen molar-refractivity contribution in [3.8, 4) is 5.75 Å². The van der Waals surface area contributed by atoms with Crippen molar-refractivity contribution in [3.05, 3.63) is 78.4 Å². The van der Waals surface area contributed by atoms with Crippen molar-refractivity contribution >= 4 is 22.7 Å². The summed E-state index contributed by atoms with van der Waals surface area (Å²) in [4.78, 5) is 0. The van der Waals surface area contributed by atoms with Gasteiger partial charge in [0.25, 0.3) is 0 Å². The minimum atomic E-state index is 0.759. The predicted molar refractivity (Wildman–Crippen MR) is 113 cm³/mol. The lowest BCUT2D eigenvalue weighted by Gasteiger charge is -2.00. The monoisotopic (exact) mass is 372 g/mol. The standard InChI is InChI=1S/C23H24N4O/c1-3-4-5-18-6-8-19(9-7-18)24-25-20-10-12-21(13-11-20)26-27-22-14-16-23(28-2)17-15-22/h6-17H,3-5H2,1-2H3. The van der Waals surface area contributed by atoms with Gasteiger partial charge in [0.1, 0.15) is 5.75 Å². The highest BCUT2D eigenvalue weighted by Gasteiger charge is 1.96. The molecule has 0 bridgehead atoms. The summed E-state index contributed by atoms with van der Waals surface area (Å²) in [7, 11) is 1.64. The molecule has 0 unspecified atom stereocenters. The van der Waals surface area contributed by atoms with Gasteiger partial charge in [-0.3, -0.25) is 0 Å². The largest absolute Gasteiger partial charge is 0.497 e. The Balaban J connectivity index is 1.58. The van der Waals surface area contributed by atoms with Gasteiger partial charge in [0.2, 0.25) is 0 Å². The van der Waals surface area contributed by atoms with Crippen molar-refractivity contribution in [1.29, 1.82) is 0 Å². The van der Waals surface area contributed by atoms with Crippen LogP contribution in [-0.2, 0) is 6.42 Å². The van der Waals surface area contributed by atoms with Crippen LogP contribution < -0.4 is 4.74 Å². The molecule has 0 atom stereocenters. The first-order valence-corrected chi connectivity index (χ1v) is 9.43. The molecule has 0 aliphatic carbocycles. The van der Waals surface area contributed by atoms with Crippen molar-refractivity contribution in [3.63, 3.8) is 0 Å². The van der Waals surface area contributed by atoms with Crippen molar-refractivity contribution < 1.29 is 4.74 Å². The van der Waals surface area contributed by atoms with Gasteiger partial charge in [0, 0.05) is 0 Å². The zero-order chi connectivity index (χ0) is 19.6. The third-order valence-electron chi connectivity index (χ3n) is 4.24. The average molecular weight is 372 g/mol. The summed E-state index contributed by atoms with van der Waals surface area (Å²) in [6.07, 6.45) is 3.53. The van der Waals surface area contributed by atoms with E-state index in [1.54, 1.807) is 7.11 Å². The van der Waals surface area contributed by atoms with Crippen LogP contribution in [0.1, 0.15) is 25.3 Å². The molecule has 0 aliphatic rings. The summed E-state index contributed by atoms with van der Waals surface area (Å²) in [5.74, 6) is 0.796. The summed E-state index contributed by atoms with van der Waals surface area (Å²) in [5.41, 5.74) is 4.50. The third-order valence-corrected chi connectivity index (χ3v) is 4.24. The molecule has 3 aromatic carbocycles. The minimum absolute atomic E-state index is 0.759. The number of unbranched alkanes of at least 4 members (excludes halogenated alkanes) is 1. The van der Waals surface area contributed by atoms with E-state index in [0.717, 1.165) is 34.9 Å². The Hall–Kier alpha value is -3.34. The second kappa shape index (κ2) is 10.1. The van der Waals surface area contributed by atoms with Gasteiger partial charge in [-0.25, -0.2) is 0 Å². The highest BCUT2D eigenvalue weighted by molar-refractivity contribution is 5.48. The van der Waals surface area contributed by atoms with Crippen LogP contribution in [0.2, 0.25) is 0 Å². The molecule has 0 heterocycles. The van der Waals surface area contributed by atoms with Gasteiger partial charge in [-0.05, 0) is 79.1 Å². The zero-order valence-electron chi connectivity index (χ0n) is 16.2. The van der Waals surface area contributed by atoms with Crippen molar-refractivity contribution in [2.45, 2.75) is 26.2 Å². The molecule has 0 radical (unpaired) electrons. The molecule has 0 amide bonds. The second-order valence-corrected chi connectivity index (χ2v) is 6.38. The van der Waals surface area contributed by atoms with Crippen LogP contribution in [0.4, 0.5) is 22.7 Å². The Kier molecular flexibility index (Phi) is 7.01. The van der Waals surface area contributed by atoms with Crippen LogP contribution in [0, 0.1) is 0 Å². The van der Waals surface area contributed by atoms with Gasteiger partial charge in [-0.2, -0.15) is 20.5 Å². The Morgan fingerprint density at radius 3 is 1.39 bits per heavy atom. The van der Waals surface area contributed by atoms with Gasteiger partial charge in [0.05, 0.1) is 29.9 Å².